The summed E-state index contributed by atoms with van der Waals surface area (Å²) in [6, 6.07) is 9.14. The van der Waals surface area contributed by atoms with Crippen LogP contribution in [0.3, 0.4) is 0 Å². The van der Waals surface area contributed by atoms with E-state index in [1.807, 2.05) is 3.21 Å². The summed E-state index contributed by atoms with van der Waals surface area (Å²) in [5, 5.41) is 0. The summed E-state index contributed by atoms with van der Waals surface area (Å²) in [5.41, 5.74) is 1.60. The number of benzene rings is 1. The number of allylic oxidation sites excluding steroid dienone is 1. The summed E-state index contributed by atoms with van der Waals surface area (Å²) >= 11 is -2.17. The molecule has 1 aromatic rings. The van der Waals surface area contributed by atoms with Gasteiger partial charge in [0.2, 0.25) is 0 Å². The Bertz CT molecular complexity index is 438. The Labute approximate surface area is 105 Å². The zero-order valence-corrected chi connectivity index (χ0v) is 14.9. The predicted octanol–water partition coefficient (Wildman–Crippen LogP) is 3.50. The van der Waals surface area contributed by atoms with E-state index in [4.69, 9.17) is 0 Å². The van der Waals surface area contributed by atoms with Gasteiger partial charge in [-0.3, -0.25) is 0 Å². The normalized spacial score (nSPS) is 18.9. The van der Waals surface area contributed by atoms with Gasteiger partial charge in [0.25, 0.3) is 0 Å². The fraction of sp³-hybridized carbons (Fsp3) is 0.429. The molecular formula is C14H22SiSn. The van der Waals surface area contributed by atoms with Crippen molar-refractivity contribution in [3.05, 3.63) is 39.1 Å². The number of hydrogen-bond donors (Lipinski definition) is 0. The Morgan fingerprint density at radius 2 is 1.69 bits per heavy atom. The number of fused-ring (bicyclic) bond motifs is 1. The predicted molar refractivity (Wildman–Crippen MR) is 78.7 cm³/mol. The van der Waals surface area contributed by atoms with Crippen LogP contribution in [0, 0.1) is 0 Å². The van der Waals surface area contributed by atoms with E-state index in [-0.39, 0.29) is 0 Å². The van der Waals surface area contributed by atoms with Crippen LogP contribution >= 0.6 is 0 Å². The third-order valence-corrected chi connectivity index (χ3v) is 25.8. The monoisotopic (exact) mass is 338 g/mol. The van der Waals surface area contributed by atoms with E-state index < -0.39 is 26.5 Å². The zero-order valence-electron chi connectivity index (χ0n) is 11.1. The molecule has 86 valence electrons. The van der Waals surface area contributed by atoms with Crippen molar-refractivity contribution in [1.29, 1.82) is 0 Å². The van der Waals surface area contributed by atoms with Gasteiger partial charge in [-0.05, 0) is 0 Å². The van der Waals surface area contributed by atoms with Gasteiger partial charge >= 0.3 is 105 Å². The summed E-state index contributed by atoms with van der Waals surface area (Å²) in [5.74, 6) is 0. The first-order valence-electron chi connectivity index (χ1n) is 6.13. The second kappa shape index (κ2) is 4.02. The van der Waals surface area contributed by atoms with Crippen LogP contribution in [0.25, 0.3) is 0 Å². The molecule has 0 atom stereocenters. The molecule has 16 heavy (non-hydrogen) atoms. The molecule has 0 nitrogen and oxygen atoms in total. The molecule has 0 amide bonds. The molecule has 0 aliphatic carbocycles. The molecule has 0 aromatic heterocycles. The molecule has 2 rings (SSSR count). The van der Waals surface area contributed by atoms with Crippen molar-refractivity contribution < 1.29 is 0 Å². The molecule has 1 aliphatic heterocycles. The van der Waals surface area contributed by atoms with E-state index in [0.29, 0.717) is 0 Å². The summed E-state index contributed by atoms with van der Waals surface area (Å²) < 4.78 is 3.66. The Hall–Kier alpha value is -0.0244. The SMILES string of the molecule is C[Si](C)(C)[C]1=CCc2cccc[c]2[Sn]1([CH3])[CH3]. The van der Waals surface area contributed by atoms with E-state index in [2.05, 4.69) is 59.9 Å². The standard InChI is InChI=1S/C12H16Si.2CH3.Sn/c1-13(2,3)11-7-10-12-8-5-4-6-9-12;;;/h4-8H,10H2,1-3H3;2*1H3;. The fourth-order valence-corrected chi connectivity index (χ4v) is 29.6. The van der Waals surface area contributed by atoms with Gasteiger partial charge < -0.3 is 0 Å². The van der Waals surface area contributed by atoms with Crippen LogP contribution in [0.15, 0.2) is 33.6 Å². The summed E-state index contributed by atoms with van der Waals surface area (Å²) in [4.78, 5) is 5.19. The van der Waals surface area contributed by atoms with Crippen LogP contribution in [-0.4, -0.2) is 26.5 Å². The molecule has 0 N–H and O–H groups in total. The van der Waals surface area contributed by atoms with Crippen LogP contribution in [0.2, 0.25) is 29.5 Å². The topological polar surface area (TPSA) is 0 Å². The van der Waals surface area contributed by atoms with Crippen molar-refractivity contribution in [2.24, 2.45) is 0 Å². The van der Waals surface area contributed by atoms with Gasteiger partial charge in [-0.1, -0.05) is 0 Å². The average Bonchev–Trinajstić information content (AvgIpc) is 2.15. The molecule has 1 aromatic carbocycles. The Morgan fingerprint density at radius 3 is 2.31 bits per heavy atom. The molecular weight excluding hydrogens is 315 g/mol. The minimum absolute atomic E-state index is 1.11. The average molecular weight is 337 g/mol. The molecule has 1 aliphatic rings. The van der Waals surface area contributed by atoms with Gasteiger partial charge in [0.05, 0.1) is 0 Å². The van der Waals surface area contributed by atoms with Crippen molar-refractivity contribution in [2.45, 2.75) is 35.9 Å². The Morgan fingerprint density at radius 1 is 1.06 bits per heavy atom. The van der Waals surface area contributed by atoms with E-state index in [9.17, 15) is 0 Å². The van der Waals surface area contributed by atoms with Gasteiger partial charge in [-0.25, -0.2) is 0 Å². The Kier molecular flexibility index (Phi) is 3.12. The van der Waals surface area contributed by atoms with E-state index in [1.54, 1.807) is 9.14 Å². The van der Waals surface area contributed by atoms with Crippen molar-refractivity contribution >= 4 is 30.0 Å². The van der Waals surface area contributed by atoms with Crippen molar-refractivity contribution in [2.75, 3.05) is 0 Å². The number of hydrogen-bond acceptors (Lipinski definition) is 0. The molecule has 0 fully saturated rings. The van der Waals surface area contributed by atoms with Crippen LogP contribution in [0.5, 0.6) is 0 Å². The first kappa shape index (κ1) is 12.4. The van der Waals surface area contributed by atoms with Crippen molar-refractivity contribution in [3.63, 3.8) is 0 Å². The van der Waals surface area contributed by atoms with Crippen molar-refractivity contribution in [1.82, 2.24) is 0 Å². The van der Waals surface area contributed by atoms with Gasteiger partial charge in [-0.2, -0.15) is 0 Å². The van der Waals surface area contributed by atoms with Crippen LogP contribution in [0.4, 0.5) is 0 Å². The van der Waals surface area contributed by atoms with E-state index >= 15 is 0 Å². The quantitative estimate of drug-likeness (QED) is 0.688. The second-order valence-electron chi connectivity index (χ2n) is 6.35. The van der Waals surface area contributed by atoms with Gasteiger partial charge in [0.15, 0.2) is 0 Å². The second-order valence-corrected chi connectivity index (χ2v) is 25.2. The van der Waals surface area contributed by atoms with Crippen LogP contribution in [-0.2, 0) is 6.42 Å². The van der Waals surface area contributed by atoms with E-state index in [0.717, 1.165) is 0 Å². The fourth-order valence-electron chi connectivity index (χ4n) is 3.16. The van der Waals surface area contributed by atoms with Crippen LogP contribution < -0.4 is 3.58 Å². The molecule has 0 bridgehead atoms. The summed E-state index contributed by atoms with van der Waals surface area (Å²) in [6.45, 7) is 7.52. The first-order chi connectivity index (χ1) is 7.33. The number of rotatable bonds is 1. The summed E-state index contributed by atoms with van der Waals surface area (Å²) in [7, 11) is -1.11. The van der Waals surface area contributed by atoms with Gasteiger partial charge in [0.1, 0.15) is 0 Å². The first-order valence-corrected chi connectivity index (χ1v) is 18.2. The molecule has 0 saturated carbocycles. The van der Waals surface area contributed by atoms with E-state index in [1.165, 1.54) is 6.42 Å². The zero-order chi connectivity index (χ0) is 12.0. The maximum atomic E-state index is 2.59. The summed E-state index contributed by atoms with van der Waals surface area (Å²) in [6.07, 6.45) is 3.76. The minimum atomic E-state index is -2.17. The van der Waals surface area contributed by atoms with Crippen LogP contribution in [0.1, 0.15) is 5.56 Å². The molecule has 0 saturated heterocycles. The molecule has 0 radical (unpaired) electrons. The molecule has 0 unspecified atom stereocenters. The molecule has 1 heterocycles. The molecule has 2 heteroatoms. The third kappa shape index (κ3) is 2.04. The van der Waals surface area contributed by atoms with Crippen molar-refractivity contribution in [3.8, 4) is 0 Å². The Balaban J connectivity index is 2.55. The van der Waals surface area contributed by atoms with Gasteiger partial charge in [0, 0.05) is 0 Å². The molecule has 0 spiro atoms. The third-order valence-electron chi connectivity index (χ3n) is 3.70. The maximum absolute atomic E-state index is 2.59. The van der Waals surface area contributed by atoms with Gasteiger partial charge in [-0.15, -0.1) is 0 Å².